The Balaban J connectivity index is 1.59. The summed E-state index contributed by atoms with van der Waals surface area (Å²) in [5.41, 5.74) is 3.98. The van der Waals surface area contributed by atoms with Crippen molar-refractivity contribution in [3.05, 3.63) is 102 Å². The Hall–Kier alpha value is -3.70. The van der Waals surface area contributed by atoms with Gasteiger partial charge in [-0.1, -0.05) is 72.8 Å². The smallest absolute Gasteiger partial charge is 0.341 e. The van der Waals surface area contributed by atoms with Crippen LogP contribution in [0.1, 0.15) is 27.6 Å². The van der Waals surface area contributed by atoms with E-state index in [1.165, 1.54) is 11.3 Å². The minimum absolute atomic E-state index is 0.268. The van der Waals surface area contributed by atoms with Gasteiger partial charge in [0.1, 0.15) is 5.00 Å². The molecule has 0 radical (unpaired) electrons. The van der Waals surface area contributed by atoms with E-state index >= 15 is 0 Å². The lowest BCUT2D eigenvalue weighted by atomic mass is 10.0. The Labute approximate surface area is 185 Å². The van der Waals surface area contributed by atoms with Crippen molar-refractivity contribution in [1.29, 1.82) is 0 Å². The Morgan fingerprint density at radius 2 is 1.39 bits per heavy atom. The van der Waals surface area contributed by atoms with Crippen molar-refractivity contribution in [3.8, 4) is 21.6 Å². The van der Waals surface area contributed by atoms with E-state index in [0.29, 0.717) is 16.1 Å². The molecule has 5 heteroatoms. The van der Waals surface area contributed by atoms with E-state index in [1.54, 1.807) is 25.1 Å². The molecule has 0 aliphatic heterocycles. The first-order valence-corrected chi connectivity index (χ1v) is 10.8. The summed E-state index contributed by atoms with van der Waals surface area (Å²) in [4.78, 5) is 26.2. The van der Waals surface area contributed by atoms with E-state index in [-0.39, 0.29) is 12.5 Å². The number of carbonyl (C=O) groups excluding carboxylic acids is 2. The molecule has 0 atom stereocenters. The topological polar surface area (TPSA) is 55.4 Å². The summed E-state index contributed by atoms with van der Waals surface area (Å²) in [6, 6.07) is 28.9. The predicted octanol–water partition coefficient (Wildman–Crippen LogP) is 6.51. The third-order valence-electron chi connectivity index (χ3n) is 4.77. The van der Waals surface area contributed by atoms with E-state index in [9.17, 15) is 9.59 Å². The first-order chi connectivity index (χ1) is 15.2. The predicted molar refractivity (Wildman–Crippen MR) is 126 cm³/mol. The van der Waals surface area contributed by atoms with E-state index in [1.807, 2.05) is 72.8 Å². The maximum absolute atomic E-state index is 12.9. The van der Waals surface area contributed by atoms with Crippen LogP contribution in [0.4, 0.5) is 5.00 Å². The van der Waals surface area contributed by atoms with E-state index in [0.717, 1.165) is 21.6 Å². The molecule has 0 saturated heterocycles. The zero-order valence-electron chi connectivity index (χ0n) is 17.0. The van der Waals surface area contributed by atoms with E-state index < -0.39 is 5.97 Å². The van der Waals surface area contributed by atoms with Gasteiger partial charge in [0, 0.05) is 10.4 Å². The average molecular weight is 428 g/mol. The monoisotopic (exact) mass is 427 g/mol. The zero-order chi connectivity index (χ0) is 21.6. The highest BCUT2D eigenvalue weighted by molar-refractivity contribution is 7.20. The molecule has 3 aromatic carbocycles. The lowest BCUT2D eigenvalue weighted by Gasteiger charge is -2.07. The van der Waals surface area contributed by atoms with Gasteiger partial charge in [0.15, 0.2) is 0 Å². The number of thiophene rings is 1. The van der Waals surface area contributed by atoms with Crippen LogP contribution in [0, 0.1) is 0 Å². The number of amides is 1. The Kier molecular flexibility index (Phi) is 6.24. The number of carbonyl (C=O) groups is 2. The number of esters is 1. The maximum atomic E-state index is 12.9. The van der Waals surface area contributed by atoms with E-state index in [4.69, 9.17) is 4.74 Å². The number of benzene rings is 3. The van der Waals surface area contributed by atoms with Crippen molar-refractivity contribution in [1.82, 2.24) is 0 Å². The molecule has 0 aliphatic rings. The summed E-state index contributed by atoms with van der Waals surface area (Å²) in [6.45, 7) is 2.03. The van der Waals surface area contributed by atoms with Crippen LogP contribution in [0.5, 0.6) is 0 Å². The molecule has 1 heterocycles. The van der Waals surface area contributed by atoms with Crippen LogP contribution in [0.25, 0.3) is 21.6 Å². The van der Waals surface area contributed by atoms with E-state index in [2.05, 4.69) is 5.32 Å². The molecule has 1 aromatic heterocycles. The van der Waals surface area contributed by atoms with Gasteiger partial charge in [0.2, 0.25) is 0 Å². The number of nitrogens with one attached hydrogen (secondary N) is 1. The zero-order valence-corrected chi connectivity index (χ0v) is 17.8. The van der Waals surface area contributed by atoms with Crippen molar-refractivity contribution >= 4 is 28.2 Å². The van der Waals surface area contributed by atoms with Crippen molar-refractivity contribution in [2.45, 2.75) is 6.92 Å². The fourth-order valence-electron chi connectivity index (χ4n) is 3.21. The Bertz CT molecular complexity index is 1180. The first kappa shape index (κ1) is 20.6. The highest BCUT2D eigenvalue weighted by atomic mass is 32.1. The van der Waals surface area contributed by atoms with Crippen molar-refractivity contribution in [2.24, 2.45) is 0 Å². The number of ether oxygens (including phenoxy) is 1. The highest BCUT2D eigenvalue weighted by Crippen LogP contribution is 2.36. The third kappa shape index (κ3) is 4.73. The fraction of sp³-hybridized carbons (Fsp3) is 0.0769. The molecule has 1 N–H and O–H groups in total. The second kappa shape index (κ2) is 9.41. The molecule has 4 rings (SSSR count). The summed E-state index contributed by atoms with van der Waals surface area (Å²) in [5, 5.41) is 3.38. The van der Waals surface area contributed by atoms with Crippen LogP contribution in [0.15, 0.2) is 91.0 Å². The molecular weight excluding hydrogens is 406 g/mol. The maximum Gasteiger partial charge on any atom is 0.341 e. The quantitative estimate of drug-likeness (QED) is 0.357. The molecule has 4 nitrogen and oxygen atoms in total. The normalized spacial score (nSPS) is 10.5. The standard InChI is InChI=1S/C26H21NO3S/c1-2-30-26(29)22-17-23(20-11-7-4-8-12-20)31-25(22)27-24(28)21-15-13-19(14-16-21)18-9-5-3-6-10-18/h3-17H,2H2,1H3,(H,27,28). The Morgan fingerprint density at radius 3 is 2.00 bits per heavy atom. The van der Waals surface area contributed by atoms with Crippen LogP contribution in [0.3, 0.4) is 0 Å². The molecule has 0 spiro atoms. The molecule has 4 aromatic rings. The van der Waals surface area contributed by atoms with Gasteiger partial charge in [0.25, 0.3) is 5.91 Å². The molecule has 0 fully saturated rings. The van der Waals surface area contributed by atoms with Crippen LogP contribution in [-0.4, -0.2) is 18.5 Å². The van der Waals surface area contributed by atoms with Crippen LogP contribution in [0.2, 0.25) is 0 Å². The first-order valence-electron chi connectivity index (χ1n) is 9.99. The lowest BCUT2D eigenvalue weighted by Crippen LogP contribution is -2.14. The molecule has 0 unspecified atom stereocenters. The Morgan fingerprint density at radius 1 is 0.806 bits per heavy atom. The van der Waals surface area contributed by atoms with Gasteiger partial charge in [0.05, 0.1) is 12.2 Å². The highest BCUT2D eigenvalue weighted by Gasteiger charge is 2.20. The summed E-state index contributed by atoms with van der Waals surface area (Å²) in [6.07, 6.45) is 0. The SMILES string of the molecule is CCOC(=O)c1cc(-c2ccccc2)sc1NC(=O)c1ccc(-c2ccccc2)cc1. The van der Waals surface area contributed by atoms with Crippen LogP contribution < -0.4 is 5.32 Å². The molecule has 0 aliphatic carbocycles. The summed E-state index contributed by atoms with van der Waals surface area (Å²) in [7, 11) is 0. The van der Waals surface area contributed by atoms with Gasteiger partial charge in [-0.05, 0) is 41.8 Å². The van der Waals surface area contributed by atoms with Gasteiger partial charge < -0.3 is 10.1 Å². The fourth-order valence-corrected chi connectivity index (χ4v) is 4.26. The molecule has 0 saturated carbocycles. The molecular formula is C26H21NO3S. The summed E-state index contributed by atoms with van der Waals surface area (Å²) >= 11 is 1.36. The lowest BCUT2D eigenvalue weighted by molar-refractivity contribution is 0.0528. The summed E-state index contributed by atoms with van der Waals surface area (Å²) in [5.74, 6) is -0.720. The second-order valence-corrected chi connectivity index (χ2v) is 7.89. The minimum atomic E-state index is -0.448. The van der Waals surface area contributed by atoms with Gasteiger partial charge in [-0.2, -0.15) is 0 Å². The largest absolute Gasteiger partial charge is 0.462 e. The van der Waals surface area contributed by atoms with Gasteiger partial charge in [-0.3, -0.25) is 4.79 Å². The van der Waals surface area contributed by atoms with Crippen molar-refractivity contribution in [2.75, 3.05) is 11.9 Å². The molecule has 154 valence electrons. The van der Waals surface area contributed by atoms with Gasteiger partial charge >= 0.3 is 5.97 Å². The second-order valence-electron chi connectivity index (χ2n) is 6.84. The van der Waals surface area contributed by atoms with Gasteiger partial charge in [-0.25, -0.2) is 4.79 Å². The molecule has 0 bridgehead atoms. The average Bonchev–Trinajstić information content (AvgIpc) is 3.24. The number of hydrogen-bond acceptors (Lipinski definition) is 4. The minimum Gasteiger partial charge on any atom is -0.462 e. The number of rotatable bonds is 6. The van der Waals surface area contributed by atoms with Gasteiger partial charge in [-0.15, -0.1) is 11.3 Å². The van der Waals surface area contributed by atoms with Crippen LogP contribution in [-0.2, 0) is 4.74 Å². The van der Waals surface area contributed by atoms with Crippen molar-refractivity contribution in [3.63, 3.8) is 0 Å². The van der Waals surface area contributed by atoms with Crippen LogP contribution >= 0.6 is 11.3 Å². The number of anilines is 1. The molecule has 1 amide bonds. The van der Waals surface area contributed by atoms with Crippen molar-refractivity contribution < 1.29 is 14.3 Å². The summed E-state index contributed by atoms with van der Waals surface area (Å²) < 4.78 is 5.19. The number of hydrogen-bond donors (Lipinski definition) is 1. The third-order valence-corrected chi connectivity index (χ3v) is 5.87. The molecule has 31 heavy (non-hydrogen) atoms.